The highest BCUT2D eigenvalue weighted by Crippen LogP contribution is 2.28. The van der Waals surface area contributed by atoms with E-state index < -0.39 is 26.9 Å². The number of non-ortho nitro benzene ring substituents is 1. The van der Waals surface area contributed by atoms with Crippen LogP contribution in [0.15, 0.2) is 28.6 Å². The van der Waals surface area contributed by atoms with Crippen molar-refractivity contribution in [2.45, 2.75) is 23.7 Å². The van der Waals surface area contributed by atoms with E-state index in [2.05, 4.69) is 15.5 Å². The summed E-state index contributed by atoms with van der Waals surface area (Å²) in [6.07, 6.45) is 2.91. The number of nitro groups is 1. The van der Waals surface area contributed by atoms with Gasteiger partial charge in [-0.15, -0.1) is 10.2 Å². The first-order valence-electron chi connectivity index (χ1n) is 7.59. The molecule has 1 unspecified atom stereocenters. The first-order chi connectivity index (χ1) is 12.7. The van der Waals surface area contributed by atoms with Crippen LogP contribution in [0.1, 0.15) is 13.3 Å². The van der Waals surface area contributed by atoms with Crippen molar-refractivity contribution in [3.8, 4) is 0 Å². The summed E-state index contributed by atoms with van der Waals surface area (Å²) in [4.78, 5) is 23.1. The first kappa shape index (κ1) is 21.1. The molecule has 146 valence electrons. The Morgan fingerprint density at radius 2 is 2.15 bits per heavy atom. The van der Waals surface area contributed by atoms with Gasteiger partial charge >= 0.3 is 0 Å². The fraction of sp³-hybridized carbons (Fsp3) is 0.357. The van der Waals surface area contributed by atoms with Crippen LogP contribution < -0.4 is 9.62 Å². The third-order valence-electron chi connectivity index (χ3n) is 3.44. The van der Waals surface area contributed by atoms with Crippen LogP contribution in [-0.4, -0.2) is 48.0 Å². The average Bonchev–Trinajstić information content (AvgIpc) is 3.05. The van der Waals surface area contributed by atoms with Crippen molar-refractivity contribution in [3.63, 3.8) is 0 Å². The van der Waals surface area contributed by atoms with Crippen LogP contribution in [0.2, 0.25) is 0 Å². The molecule has 1 aromatic carbocycles. The Bertz CT molecular complexity index is 946. The average molecular weight is 432 g/mol. The molecule has 0 aliphatic heterocycles. The molecule has 1 aromatic heterocycles. The summed E-state index contributed by atoms with van der Waals surface area (Å²) >= 11 is 2.53. The van der Waals surface area contributed by atoms with Gasteiger partial charge in [-0.25, -0.2) is 8.42 Å². The number of nitrogens with one attached hydrogen (secondary N) is 1. The fourth-order valence-electron chi connectivity index (χ4n) is 2.34. The molecule has 1 amide bonds. The van der Waals surface area contributed by atoms with Gasteiger partial charge in [0.25, 0.3) is 5.69 Å². The second-order valence-electron chi connectivity index (χ2n) is 5.33. The Morgan fingerprint density at radius 3 is 2.67 bits per heavy atom. The molecule has 27 heavy (non-hydrogen) atoms. The van der Waals surface area contributed by atoms with Crippen molar-refractivity contribution in [1.29, 1.82) is 0 Å². The highest BCUT2D eigenvalue weighted by Gasteiger charge is 2.32. The lowest BCUT2D eigenvalue weighted by atomic mass is 10.2. The van der Waals surface area contributed by atoms with Crippen molar-refractivity contribution in [2.75, 3.05) is 22.1 Å². The van der Waals surface area contributed by atoms with E-state index in [1.165, 1.54) is 30.0 Å². The minimum atomic E-state index is -3.90. The predicted molar refractivity (Wildman–Crippen MR) is 105 cm³/mol. The second kappa shape index (κ2) is 8.63. The molecule has 0 spiro atoms. The molecule has 1 heterocycles. The van der Waals surface area contributed by atoms with Crippen LogP contribution in [-0.2, 0) is 14.8 Å². The number of rotatable bonds is 8. The minimum Gasteiger partial charge on any atom is -0.299 e. The number of anilines is 2. The van der Waals surface area contributed by atoms with Crippen molar-refractivity contribution >= 4 is 55.5 Å². The lowest BCUT2D eigenvalue weighted by Crippen LogP contribution is -2.47. The van der Waals surface area contributed by atoms with E-state index in [1.54, 1.807) is 6.92 Å². The number of carbonyl (C=O) groups excluding carboxylic acids is 1. The first-order valence-corrected chi connectivity index (χ1v) is 11.5. The number of hydrogen-bond acceptors (Lipinski definition) is 9. The Morgan fingerprint density at radius 1 is 1.44 bits per heavy atom. The van der Waals surface area contributed by atoms with Gasteiger partial charge in [0.15, 0.2) is 4.34 Å². The third-order valence-corrected chi connectivity index (χ3v) is 6.43. The molecule has 2 rings (SSSR count). The third kappa shape index (κ3) is 5.14. The molecule has 13 heteroatoms. The van der Waals surface area contributed by atoms with E-state index in [-0.39, 0.29) is 22.9 Å². The van der Waals surface area contributed by atoms with Gasteiger partial charge in [-0.05, 0) is 18.7 Å². The van der Waals surface area contributed by atoms with Crippen LogP contribution in [0.5, 0.6) is 0 Å². The Labute approximate surface area is 164 Å². The monoisotopic (exact) mass is 431 g/mol. The van der Waals surface area contributed by atoms with E-state index in [0.717, 1.165) is 28.0 Å². The highest BCUT2D eigenvalue weighted by molar-refractivity contribution is 8.00. The predicted octanol–water partition coefficient (Wildman–Crippen LogP) is 2.35. The number of thioether (sulfide) groups is 1. The molecular weight excluding hydrogens is 414 g/mol. The maximum absolute atomic E-state index is 12.7. The minimum absolute atomic E-state index is 0.0377. The lowest BCUT2D eigenvalue weighted by molar-refractivity contribution is -0.384. The zero-order valence-corrected chi connectivity index (χ0v) is 17.1. The van der Waals surface area contributed by atoms with Gasteiger partial charge < -0.3 is 0 Å². The van der Waals surface area contributed by atoms with Crippen molar-refractivity contribution in [3.05, 3.63) is 34.4 Å². The van der Waals surface area contributed by atoms with Crippen LogP contribution in [0, 0.1) is 10.1 Å². The van der Waals surface area contributed by atoms with Gasteiger partial charge in [-0.2, -0.15) is 0 Å². The number of nitrogens with zero attached hydrogens (tertiary/aromatic N) is 4. The molecule has 2 aromatic rings. The molecular formula is C14H17N5O5S3. The van der Waals surface area contributed by atoms with Crippen LogP contribution in [0.4, 0.5) is 16.5 Å². The fourth-order valence-corrected chi connectivity index (χ4v) is 4.71. The highest BCUT2D eigenvalue weighted by atomic mass is 32.2. The molecule has 1 N–H and O–H groups in total. The summed E-state index contributed by atoms with van der Waals surface area (Å²) < 4.78 is 26.3. The zero-order valence-electron chi connectivity index (χ0n) is 14.6. The summed E-state index contributed by atoms with van der Waals surface area (Å²) in [6.45, 7) is 1.65. The van der Waals surface area contributed by atoms with E-state index in [4.69, 9.17) is 0 Å². The SMILES string of the molecule is CCC(C(=O)Nc1nnc(SC)s1)N(c1cccc([N+](=O)[O-])c1)S(C)(=O)=O. The summed E-state index contributed by atoms with van der Waals surface area (Å²) in [7, 11) is -3.90. The molecule has 10 nitrogen and oxygen atoms in total. The van der Waals surface area contributed by atoms with Crippen molar-refractivity contribution < 1.29 is 18.1 Å². The van der Waals surface area contributed by atoms with Gasteiger partial charge in [0.05, 0.1) is 16.9 Å². The maximum Gasteiger partial charge on any atom is 0.271 e. The van der Waals surface area contributed by atoms with Crippen LogP contribution >= 0.6 is 23.1 Å². The largest absolute Gasteiger partial charge is 0.299 e. The molecule has 0 bridgehead atoms. The van der Waals surface area contributed by atoms with Crippen molar-refractivity contribution in [2.24, 2.45) is 0 Å². The zero-order chi connectivity index (χ0) is 20.2. The topological polar surface area (TPSA) is 135 Å². The Hall–Kier alpha value is -2.25. The van der Waals surface area contributed by atoms with E-state index in [0.29, 0.717) is 4.34 Å². The number of nitro benzene ring substituents is 1. The van der Waals surface area contributed by atoms with E-state index >= 15 is 0 Å². The van der Waals surface area contributed by atoms with E-state index in [9.17, 15) is 23.3 Å². The molecule has 0 radical (unpaired) electrons. The number of sulfonamides is 1. The summed E-state index contributed by atoms with van der Waals surface area (Å²) in [5.41, 5.74) is -0.235. The number of hydrogen-bond donors (Lipinski definition) is 1. The molecule has 0 saturated carbocycles. The number of benzene rings is 1. The molecule has 0 fully saturated rings. The van der Waals surface area contributed by atoms with Gasteiger partial charge in [-0.3, -0.25) is 24.5 Å². The van der Waals surface area contributed by atoms with Crippen LogP contribution in [0.25, 0.3) is 0 Å². The quantitative estimate of drug-likeness (QED) is 0.291. The van der Waals surface area contributed by atoms with E-state index in [1.807, 2.05) is 6.26 Å². The van der Waals surface area contributed by atoms with Gasteiger partial charge in [0.1, 0.15) is 6.04 Å². The standard InChI is InChI=1S/C14H17N5O5S3/c1-4-11(12(20)15-13-16-17-14(25-2)26-13)18(27(3,23)24)9-6-5-7-10(8-9)19(21)22/h5-8,11H,4H2,1-3H3,(H,15,16,20). The molecule has 0 aliphatic carbocycles. The smallest absolute Gasteiger partial charge is 0.271 e. The Balaban J connectivity index is 2.39. The normalized spacial score (nSPS) is 12.4. The van der Waals surface area contributed by atoms with Crippen molar-refractivity contribution in [1.82, 2.24) is 10.2 Å². The summed E-state index contributed by atoms with van der Waals surface area (Å²) in [6, 6.07) is 4.03. The maximum atomic E-state index is 12.7. The van der Waals surface area contributed by atoms with Gasteiger partial charge in [0.2, 0.25) is 21.1 Å². The lowest BCUT2D eigenvalue weighted by Gasteiger charge is -2.29. The van der Waals surface area contributed by atoms with Crippen LogP contribution in [0.3, 0.4) is 0 Å². The number of aromatic nitrogens is 2. The second-order valence-corrected chi connectivity index (χ2v) is 9.22. The molecule has 0 saturated heterocycles. The van der Waals surface area contributed by atoms with Gasteiger partial charge in [0, 0.05) is 12.1 Å². The molecule has 1 atom stereocenters. The Kier molecular flexibility index (Phi) is 6.73. The summed E-state index contributed by atoms with van der Waals surface area (Å²) in [5.74, 6) is -0.599. The molecule has 0 aliphatic rings. The summed E-state index contributed by atoms with van der Waals surface area (Å²) in [5, 5.41) is 21.5. The number of carbonyl (C=O) groups is 1. The van der Waals surface area contributed by atoms with Gasteiger partial charge in [-0.1, -0.05) is 36.1 Å². The number of amides is 1.